The van der Waals surface area contributed by atoms with Crippen LogP contribution in [0.4, 0.5) is 11.8 Å². The van der Waals surface area contributed by atoms with Gasteiger partial charge in [-0.1, -0.05) is 12.1 Å². The molecule has 3 aromatic heterocycles. The summed E-state index contributed by atoms with van der Waals surface area (Å²) >= 11 is 1.73. The lowest BCUT2D eigenvalue weighted by molar-refractivity contribution is 0.823. The van der Waals surface area contributed by atoms with Gasteiger partial charge in [0.25, 0.3) is 0 Å². The number of para-hydroxylation sites is 2. The predicted octanol–water partition coefficient (Wildman–Crippen LogP) is 3.81. The van der Waals surface area contributed by atoms with Crippen molar-refractivity contribution in [1.29, 1.82) is 0 Å². The van der Waals surface area contributed by atoms with Crippen molar-refractivity contribution >= 4 is 44.4 Å². The molecule has 5 rings (SSSR count). The van der Waals surface area contributed by atoms with Crippen LogP contribution < -0.4 is 4.90 Å². The molecule has 1 aromatic carbocycles. The third kappa shape index (κ3) is 1.69. The third-order valence-electron chi connectivity index (χ3n) is 4.62. The minimum absolute atomic E-state index is 0.896. The van der Waals surface area contributed by atoms with Gasteiger partial charge in [0.1, 0.15) is 17.0 Å². The Bertz CT molecular complexity index is 1060. The fraction of sp³-hybridized carbons (Fsp3) is 0.235. The predicted molar refractivity (Wildman–Crippen MR) is 93.6 cm³/mol. The van der Waals surface area contributed by atoms with E-state index in [9.17, 15) is 0 Å². The molecule has 0 unspecified atom stereocenters. The summed E-state index contributed by atoms with van der Waals surface area (Å²) in [6, 6.07) is 8.29. The Labute approximate surface area is 137 Å². The third-order valence-corrected chi connectivity index (χ3v) is 5.74. The molecule has 0 atom stereocenters. The number of benzene rings is 1. The Morgan fingerprint density at radius 1 is 1.09 bits per heavy atom. The van der Waals surface area contributed by atoms with Gasteiger partial charge in [-0.3, -0.25) is 4.90 Å². The van der Waals surface area contributed by atoms with Gasteiger partial charge >= 0.3 is 0 Å². The summed E-state index contributed by atoms with van der Waals surface area (Å²) in [6.07, 6.45) is 1.67. The van der Waals surface area contributed by atoms with Gasteiger partial charge in [0.2, 0.25) is 5.95 Å². The van der Waals surface area contributed by atoms with E-state index in [1.165, 1.54) is 16.0 Å². The van der Waals surface area contributed by atoms with Gasteiger partial charge in [0.05, 0.1) is 16.4 Å². The summed E-state index contributed by atoms with van der Waals surface area (Å²) in [5.41, 5.74) is 3.50. The molecular formula is C17H15N5S. The van der Waals surface area contributed by atoms with Crippen LogP contribution in [-0.4, -0.2) is 26.1 Å². The van der Waals surface area contributed by atoms with Gasteiger partial charge in [-0.2, -0.15) is 0 Å². The van der Waals surface area contributed by atoms with E-state index in [1.807, 2.05) is 6.07 Å². The van der Waals surface area contributed by atoms with Crippen LogP contribution in [0.15, 0.2) is 30.6 Å². The van der Waals surface area contributed by atoms with E-state index in [2.05, 4.69) is 51.5 Å². The Balaban J connectivity index is 1.77. The Morgan fingerprint density at radius 3 is 2.87 bits per heavy atom. The van der Waals surface area contributed by atoms with Crippen LogP contribution in [0.25, 0.3) is 21.3 Å². The number of hydrogen-bond donors (Lipinski definition) is 0. The lowest BCUT2D eigenvalue weighted by Gasteiger charge is -2.16. The Hall–Kier alpha value is -2.47. The first kappa shape index (κ1) is 13.0. The molecule has 0 amide bonds. The molecule has 0 spiro atoms. The van der Waals surface area contributed by atoms with Crippen molar-refractivity contribution in [2.45, 2.75) is 20.4 Å². The number of fused-ring (bicyclic) bond motifs is 4. The number of rotatable bonds is 1. The zero-order valence-corrected chi connectivity index (χ0v) is 13.8. The normalized spacial score (nSPS) is 14.1. The van der Waals surface area contributed by atoms with Crippen molar-refractivity contribution in [3.8, 4) is 0 Å². The second-order valence-electron chi connectivity index (χ2n) is 5.86. The van der Waals surface area contributed by atoms with E-state index in [0.29, 0.717) is 0 Å². The van der Waals surface area contributed by atoms with Crippen molar-refractivity contribution in [2.24, 2.45) is 0 Å². The lowest BCUT2D eigenvalue weighted by atomic mass is 10.2. The summed E-state index contributed by atoms with van der Waals surface area (Å²) in [4.78, 5) is 18.5. The van der Waals surface area contributed by atoms with Crippen molar-refractivity contribution < 1.29 is 0 Å². The zero-order valence-electron chi connectivity index (χ0n) is 12.9. The molecule has 0 fully saturated rings. The average Bonchev–Trinajstić information content (AvgIpc) is 3.20. The standard InChI is InChI=1S/C17H15N5S/c1-10-11(2)23-16-14(10)15(18-9-19-16)22-8-7-21-13-6-4-3-5-12(13)20-17(21)22/h3-6,9H,7-8H2,1-2H3. The quantitative estimate of drug-likeness (QED) is 0.535. The van der Waals surface area contributed by atoms with Gasteiger partial charge in [0.15, 0.2) is 0 Å². The topological polar surface area (TPSA) is 46.8 Å². The molecule has 0 saturated carbocycles. The maximum Gasteiger partial charge on any atom is 0.212 e. The van der Waals surface area contributed by atoms with Crippen LogP contribution in [0.3, 0.4) is 0 Å². The van der Waals surface area contributed by atoms with E-state index in [-0.39, 0.29) is 0 Å². The van der Waals surface area contributed by atoms with Crippen molar-refractivity contribution in [2.75, 3.05) is 11.4 Å². The maximum absolute atomic E-state index is 4.83. The second kappa shape index (κ2) is 4.52. The average molecular weight is 321 g/mol. The summed E-state index contributed by atoms with van der Waals surface area (Å²) in [7, 11) is 0. The molecule has 0 radical (unpaired) electrons. The minimum atomic E-state index is 0.896. The summed E-state index contributed by atoms with van der Waals surface area (Å²) in [6.45, 7) is 6.13. The molecule has 4 heterocycles. The van der Waals surface area contributed by atoms with Crippen LogP contribution in [0, 0.1) is 13.8 Å². The molecule has 0 N–H and O–H groups in total. The summed E-state index contributed by atoms with van der Waals surface area (Å²) < 4.78 is 2.28. The van der Waals surface area contributed by atoms with Crippen LogP contribution >= 0.6 is 11.3 Å². The highest BCUT2D eigenvalue weighted by atomic mass is 32.1. The molecule has 0 bridgehead atoms. The molecule has 6 heteroatoms. The number of aromatic nitrogens is 4. The number of nitrogens with zero attached hydrogens (tertiary/aromatic N) is 5. The van der Waals surface area contributed by atoms with Crippen LogP contribution in [-0.2, 0) is 6.54 Å². The van der Waals surface area contributed by atoms with Gasteiger partial charge in [0, 0.05) is 18.0 Å². The zero-order chi connectivity index (χ0) is 15.6. The van der Waals surface area contributed by atoms with Crippen LogP contribution in [0.1, 0.15) is 10.4 Å². The van der Waals surface area contributed by atoms with Crippen molar-refractivity contribution in [3.05, 3.63) is 41.0 Å². The highest BCUT2D eigenvalue weighted by molar-refractivity contribution is 7.18. The Morgan fingerprint density at radius 2 is 1.96 bits per heavy atom. The van der Waals surface area contributed by atoms with Crippen molar-refractivity contribution in [3.63, 3.8) is 0 Å². The highest BCUT2D eigenvalue weighted by Gasteiger charge is 2.28. The number of anilines is 2. The first-order valence-electron chi connectivity index (χ1n) is 7.67. The molecular weight excluding hydrogens is 306 g/mol. The highest BCUT2D eigenvalue weighted by Crippen LogP contribution is 2.39. The van der Waals surface area contributed by atoms with E-state index in [4.69, 9.17) is 4.98 Å². The maximum atomic E-state index is 4.83. The molecule has 5 nitrogen and oxygen atoms in total. The molecule has 4 aromatic rings. The number of thiophene rings is 1. The molecule has 1 aliphatic rings. The van der Waals surface area contributed by atoms with E-state index in [1.54, 1.807) is 17.7 Å². The number of hydrogen-bond acceptors (Lipinski definition) is 5. The summed E-state index contributed by atoms with van der Waals surface area (Å²) in [5.74, 6) is 1.96. The molecule has 23 heavy (non-hydrogen) atoms. The summed E-state index contributed by atoms with van der Waals surface area (Å²) in [5, 5.41) is 1.16. The molecule has 0 aliphatic carbocycles. The first-order valence-corrected chi connectivity index (χ1v) is 8.49. The lowest BCUT2D eigenvalue weighted by Crippen LogP contribution is -2.16. The van der Waals surface area contributed by atoms with E-state index in [0.717, 1.165) is 40.6 Å². The monoisotopic (exact) mass is 321 g/mol. The van der Waals surface area contributed by atoms with Gasteiger partial charge < -0.3 is 4.57 Å². The van der Waals surface area contributed by atoms with Gasteiger partial charge in [-0.05, 0) is 31.5 Å². The molecule has 0 saturated heterocycles. The van der Waals surface area contributed by atoms with Gasteiger partial charge in [-0.25, -0.2) is 15.0 Å². The number of aryl methyl sites for hydroxylation is 2. The fourth-order valence-electron chi connectivity index (χ4n) is 3.36. The molecule has 1 aliphatic heterocycles. The SMILES string of the molecule is Cc1sc2ncnc(N3CCn4c3nc3ccccc34)c2c1C. The minimum Gasteiger partial charge on any atom is -0.308 e. The van der Waals surface area contributed by atoms with Gasteiger partial charge in [-0.15, -0.1) is 11.3 Å². The molecule has 114 valence electrons. The van der Waals surface area contributed by atoms with Crippen LogP contribution in [0.5, 0.6) is 0 Å². The number of imidazole rings is 1. The second-order valence-corrected chi connectivity index (χ2v) is 7.07. The van der Waals surface area contributed by atoms with E-state index < -0.39 is 0 Å². The Kier molecular flexibility index (Phi) is 2.56. The van der Waals surface area contributed by atoms with E-state index >= 15 is 0 Å². The fourth-order valence-corrected chi connectivity index (χ4v) is 4.35. The first-order chi connectivity index (χ1) is 11.2. The van der Waals surface area contributed by atoms with Crippen molar-refractivity contribution in [1.82, 2.24) is 19.5 Å². The smallest absolute Gasteiger partial charge is 0.212 e. The largest absolute Gasteiger partial charge is 0.308 e. The van der Waals surface area contributed by atoms with Crippen LogP contribution in [0.2, 0.25) is 0 Å².